The molecule has 0 spiro atoms. The number of likely N-dealkylation sites (tertiary alicyclic amines) is 2. The van der Waals surface area contributed by atoms with E-state index in [0.29, 0.717) is 75.4 Å². The number of halogens is 7. The first-order valence-electron chi connectivity index (χ1n) is 22.3. The summed E-state index contributed by atoms with van der Waals surface area (Å²) in [6.45, 7) is 8.37. The number of thioether (sulfide) groups is 2. The quantitative estimate of drug-likeness (QED) is 0.0740. The fourth-order valence-corrected chi connectivity index (χ4v) is 10.4. The van der Waals surface area contributed by atoms with Crippen LogP contribution in [0.3, 0.4) is 0 Å². The molecule has 5 aliphatic rings. The first-order chi connectivity index (χ1) is 33.1. The van der Waals surface area contributed by atoms with E-state index in [1.54, 1.807) is 75.8 Å². The van der Waals surface area contributed by atoms with Gasteiger partial charge in [-0.3, -0.25) is 29.0 Å². The fraction of sp³-hybridized carbons (Fsp3) is 0.478. The van der Waals surface area contributed by atoms with Crippen LogP contribution in [0.5, 0.6) is 0 Å². The molecule has 13 nitrogen and oxygen atoms in total. The van der Waals surface area contributed by atoms with Gasteiger partial charge in [0.1, 0.15) is 30.2 Å². The van der Waals surface area contributed by atoms with Crippen LogP contribution in [0.4, 0.5) is 26.3 Å². The zero-order valence-corrected chi connectivity index (χ0v) is 45.1. The number of hydrogen-bond donors (Lipinski definition) is 0. The first kappa shape index (κ1) is 56.7. The van der Waals surface area contributed by atoms with Crippen molar-refractivity contribution in [1.29, 1.82) is 0 Å². The Balaban J connectivity index is 0.000000210. The van der Waals surface area contributed by atoms with Crippen LogP contribution in [-0.2, 0) is 23.7 Å². The van der Waals surface area contributed by atoms with Gasteiger partial charge in [-0.2, -0.15) is 26.3 Å². The van der Waals surface area contributed by atoms with E-state index in [-0.39, 0.29) is 98.8 Å². The molecule has 5 fully saturated rings. The summed E-state index contributed by atoms with van der Waals surface area (Å²) in [7, 11) is -1.42. The van der Waals surface area contributed by atoms with Crippen molar-refractivity contribution >= 4 is 85.8 Å². The number of aromatic nitrogens is 2. The van der Waals surface area contributed by atoms with Gasteiger partial charge in [-0.05, 0) is 77.3 Å². The summed E-state index contributed by atoms with van der Waals surface area (Å²) < 4.78 is 84.8. The highest BCUT2D eigenvalue weighted by atomic mass is 127. The zero-order chi connectivity index (χ0) is 50.4. The molecular weight excluding hydrogens is 1150 g/mol. The van der Waals surface area contributed by atoms with Crippen LogP contribution in [0, 0.1) is 5.92 Å². The number of rotatable bonds is 10. The van der Waals surface area contributed by atoms with E-state index in [0.717, 1.165) is 38.2 Å². The molecule has 4 aliphatic heterocycles. The monoisotopic (exact) mass is 1200 g/mol. The summed E-state index contributed by atoms with van der Waals surface area (Å²) >= 11 is 2.53. The van der Waals surface area contributed by atoms with Crippen molar-refractivity contribution in [3.05, 3.63) is 98.9 Å². The number of piperazine rings is 2. The second-order valence-corrected chi connectivity index (χ2v) is 25.1. The molecular formula is C46H53F6IN8O5S5. The molecule has 2 aromatic carbocycles. The Morgan fingerprint density at radius 1 is 0.634 bits per heavy atom. The molecule has 4 aromatic rings. The molecule has 1 aliphatic carbocycles. The molecule has 4 amide bonds. The Morgan fingerprint density at radius 3 is 1.44 bits per heavy atom. The van der Waals surface area contributed by atoms with Gasteiger partial charge in [0.15, 0.2) is 0 Å². The van der Waals surface area contributed by atoms with Gasteiger partial charge in [0.05, 0.1) is 21.0 Å². The number of thiazole rings is 2. The Kier molecular flexibility index (Phi) is 19.7. The average Bonchev–Trinajstić information content (AvgIpc) is 3.57. The minimum Gasteiger partial charge on any atom is -1.00 e. The molecule has 0 unspecified atom stereocenters. The third kappa shape index (κ3) is 17.0. The van der Waals surface area contributed by atoms with Crippen molar-refractivity contribution in [2.45, 2.75) is 45.2 Å². The molecule has 25 heteroatoms. The molecule has 0 N–H and O–H groups in total. The number of benzene rings is 2. The van der Waals surface area contributed by atoms with Gasteiger partial charge in [-0.15, -0.1) is 26.9 Å². The molecule has 1 saturated carbocycles. The smallest absolute Gasteiger partial charge is 0.446 e. The zero-order valence-electron chi connectivity index (χ0n) is 38.9. The summed E-state index contributed by atoms with van der Waals surface area (Å²) in [6, 6.07) is 12.9. The lowest BCUT2D eigenvalue weighted by atomic mass is 10.0. The topological polar surface area (TPSA) is 131 Å². The van der Waals surface area contributed by atoms with Gasteiger partial charge in [-0.1, -0.05) is 24.3 Å². The van der Waals surface area contributed by atoms with Crippen molar-refractivity contribution in [3.63, 3.8) is 0 Å². The third-order valence-corrected chi connectivity index (χ3v) is 14.7. The maximum absolute atomic E-state index is 12.8. The average molecular weight is 1200 g/mol. The molecule has 4 saturated heterocycles. The lowest BCUT2D eigenvalue weighted by molar-refractivity contribution is -0.140. The summed E-state index contributed by atoms with van der Waals surface area (Å²) in [4.78, 5) is 70.3. The summed E-state index contributed by atoms with van der Waals surface area (Å²) in [6.07, 6.45) is 8.96. The Bertz CT molecular complexity index is 2460. The second kappa shape index (κ2) is 24.6. The van der Waals surface area contributed by atoms with Crippen LogP contribution in [0.2, 0.25) is 0 Å². The molecule has 9 rings (SSSR count). The molecule has 0 bridgehead atoms. The van der Waals surface area contributed by atoms with Crippen LogP contribution in [0.15, 0.2) is 86.2 Å². The number of hydrogen-bond acceptors (Lipinski definition) is 13. The Labute approximate surface area is 443 Å². The Hall–Kier alpha value is -3.60. The van der Waals surface area contributed by atoms with E-state index in [2.05, 4.69) is 19.8 Å². The molecule has 2 aromatic heterocycles. The number of nitrogens with zero attached hydrogens (tertiary/aromatic N) is 8. The lowest BCUT2D eigenvalue weighted by Gasteiger charge is -2.48. The highest BCUT2D eigenvalue weighted by molar-refractivity contribution is 8.01. The molecule has 71 heavy (non-hydrogen) atoms. The Morgan fingerprint density at radius 2 is 1.04 bits per heavy atom. The summed E-state index contributed by atoms with van der Waals surface area (Å²) in [5.41, 5.74) is -2.70. The van der Waals surface area contributed by atoms with Crippen molar-refractivity contribution in [3.8, 4) is 0 Å². The van der Waals surface area contributed by atoms with Crippen LogP contribution in [0.25, 0.3) is 6.08 Å². The first-order valence-corrected chi connectivity index (χ1v) is 28.6. The summed E-state index contributed by atoms with van der Waals surface area (Å²) in [5, 5.41) is 3.53. The van der Waals surface area contributed by atoms with Crippen molar-refractivity contribution in [2.75, 3.05) is 97.3 Å². The number of carbonyl (C=O) groups excluding carboxylic acids is 4. The van der Waals surface area contributed by atoms with E-state index in [1.165, 1.54) is 53.0 Å². The van der Waals surface area contributed by atoms with Gasteiger partial charge in [0, 0.05) is 123 Å². The maximum atomic E-state index is 12.8. The van der Waals surface area contributed by atoms with E-state index >= 15 is 0 Å². The van der Waals surface area contributed by atoms with Crippen LogP contribution in [-0.4, -0.2) is 183 Å². The van der Waals surface area contributed by atoms with Gasteiger partial charge >= 0.3 is 11.0 Å². The lowest BCUT2D eigenvalue weighted by Crippen LogP contribution is -3.00. The van der Waals surface area contributed by atoms with Gasteiger partial charge in [0.2, 0.25) is 11.8 Å². The van der Waals surface area contributed by atoms with Gasteiger partial charge < -0.3 is 43.6 Å². The van der Waals surface area contributed by atoms with Gasteiger partial charge in [-0.25, -0.2) is 9.97 Å². The van der Waals surface area contributed by atoms with E-state index in [1.807, 2.05) is 14.7 Å². The van der Waals surface area contributed by atoms with E-state index in [9.17, 15) is 49.7 Å². The molecule has 0 radical (unpaired) electrons. The largest absolute Gasteiger partial charge is 1.00 e. The minimum atomic E-state index is -4.31. The predicted molar refractivity (Wildman–Crippen MR) is 262 cm³/mol. The highest BCUT2D eigenvalue weighted by Crippen LogP contribution is 2.49. The maximum Gasteiger partial charge on any atom is 0.446 e. The van der Waals surface area contributed by atoms with Crippen LogP contribution < -0.4 is 24.0 Å². The summed E-state index contributed by atoms with van der Waals surface area (Å²) in [5.74, 6) is -0.00584. The highest BCUT2D eigenvalue weighted by Gasteiger charge is 2.49. The van der Waals surface area contributed by atoms with Crippen LogP contribution in [0.1, 0.15) is 44.4 Å². The van der Waals surface area contributed by atoms with E-state index in [4.69, 9.17) is 0 Å². The van der Waals surface area contributed by atoms with Crippen LogP contribution >= 0.6 is 46.2 Å². The number of carbonyl (C=O) groups is 4. The minimum absolute atomic E-state index is 0. The number of alkyl halides is 6. The fourth-order valence-electron chi connectivity index (χ4n) is 8.31. The third-order valence-electron chi connectivity index (χ3n) is 12.1. The SMILES string of the molecule is C[S+](C)(C)=O.O=C(/C=C/c1ccc(SC(F)(F)F)cc1)N1CC(N2CCN(C(=O)c3cscn3)CC2)C1.O=C(c1cscn1)N1CCN(C2CN(C(=O)[C@@H]3C[C@H]3c3ccc(SC(F)(F)F)cc3)C2)CC1.[I-]. The number of amides is 4. The van der Waals surface area contributed by atoms with Crippen molar-refractivity contribution < 1.29 is 73.7 Å². The van der Waals surface area contributed by atoms with Crippen molar-refractivity contribution in [2.24, 2.45) is 5.92 Å². The standard InChI is InChI=1S/C22H23F3N4O2S2.C21H21F3N4O2S2.C3H9OS.HI/c23-22(24,25)33-16-3-1-14(2-4-16)17-9-18(17)20(30)29-10-15(11-29)27-5-7-28(8-6-27)21(31)19-12-32-13-26-19;22-21(23,24)32-17-4-1-15(2-5-17)3-6-19(29)28-11-16(12-28)26-7-9-27(10-8-26)20(30)18-13-31-14-25-18;1-5(2,3)4;/h1-4,12-13,15,17-18H,5-11H2;1-6,13-14,16H,7-12H2;1-3H3;1H/q;;+1;/p-1/b;6-3+;;/t17-,18+;;;/m0.../s1. The van der Waals surface area contributed by atoms with Crippen molar-refractivity contribution in [1.82, 2.24) is 39.4 Å². The predicted octanol–water partition coefficient (Wildman–Crippen LogP) is 4.34. The molecule has 386 valence electrons. The normalized spacial score (nSPS) is 20.2. The van der Waals surface area contributed by atoms with Gasteiger partial charge in [0.25, 0.3) is 11.8 Å². The molecule has 6 heterocycles. The molecule has 2 atom stereocenters. The van der Waals surface area contributed by atoms with E-state index < -0.39 is 20.9 Å². The second-order valence-electron chi connectivity index (χ2n) is 17.9.